The van der Waals surface area contributed by atoms with E-state index in [2.05, 4.69) is 105 Å². The molecule has 0 radical (unpaired) electrons. The third-order valence-corrected chi connectivity index (χ3v) is 30.5. The van der Waals surface area contributed by atoms with Crippen LogP contribution in [-0.2, 0) is 68.6 Å². The number of aliphatic hydroxyl groups is 1. The van der Waals surface area contributed by atoms with Crippen molar-refractivity contribution in [3.8, 4) is 23.8 Å². The number of benzene rings is 3. The summed E-state index contributed by atoms with van der Waals surface area (Å²) < 4.78 is 158. The molecule has 4 aliphatic rings. The molecular formula is C80H102ClN22O22S4Si-. The van der Waals surface area contributed by atoms with Crippen molar-refractivity contribution in [1.29, 1.82) is 0 Å². The maximum absolute atomic E-state index is 14.1. The van der Waals surface area contributed by atoms with Crippen LogP contribution in [0.15, 0.2) is 110 Å². The van der Waals surface area contributed by atoms with E-state index in [-0.39, 0.29) is 88.3 Å². The van der Waals surface area contributed by atoms with E-state index < -0.39 is 132 Å². The van der Waals surface area contributed by atoms with Crippen molar-refractivity contribution in [2.45, 2.75) is 221 Å². The second-order valence-electron chi connectivity index (χ2n) is 32.6. The van der Waals surface area contributed by atoms with Crippen LogP contribution in [-0.4, -0.2) is 208 Å². The molecule has 130 heavy (non-hydrogen) atoms. The summed E-state index contributed by atoms with van der Waals surface area (Å²) in [6, 6.07) is 16.3. The monoisotopic (exact) mass is 1910 g/mol. The zero-order valence-corrected chi connectivity index (χ0v) is 78.9. The van der Waals surface area contributed by atoms with E-state index in [0.717, 1.165) is 53.4 Å². The Balaban J connectivity index is 0.000000193. The summed E-state index contributed by atoms with van der Waals surface area (Å²) in [6.45, 7) is 32.2. The minimum atomic E-state index is -4.28. The first-order valence-electron chi connectivity index (χ1n) is 40.9. The van der Waals surface area contributed by atoms with Crippen molar-refractivity contribution in [3.63, 3.8) is 0 Å². The van der Waals surface area contributed by atoms with Gasteiger partial charge in [-0.15, -0.1) is 12.3 Å². The Morgan fingerprint density at radius 1 is 0.608 bits per heavy atom. The summed E-state index contributed by atoms with van der Waals surface area (Å²) in [5.74, 6) is 2.78. The Bertz CT molecular complexity index is 6330. The molecule has 0 aliphatic carbocycles. The maximum Gasteiger partial charge on any atom is 0.401 e. The minimum Gasteiger partial charge on any atom is -0.750 e. The van der Waals surface area contributed by atoms with Gasteiger partial charge in [0, 0.05) is 47.6 Å². The molecule has 15 rings (SSSR count). The van der Waals surface area contributed by atoms with E-state index >= 15 is 0 Å². The molecule has 0 bridgehead atoms. The number of nitrogens with two attached hydrogens (primary N) is 1. The Morgan fingerprint density at radius 3 is 1.48 bits per heavy atom. The number of fused-ring (bicyclic) bond motifs is 4. The first-order valence-corrected chi connectivity index (χ1v) is 50.1. The van der Waals surface area contributed by atoms with Gasteiger partial charge in [-0.2, -0.15) is 21.6 Å². The van der Waals surface area contributed by atoms with Crippen LogP contribution in [0, 0.1) is 91.9 Å². The lowest BCUT2D eigenvalue weighted by molar-refractivity contribution is -0.385. The number of sulfonamides is 1. The normalized spacial score (nSPS) is 23.6. The number of nitro benzene ring substituents is 2. The summed E-state index contributed by atoms with van der Waals surface area (Å²) in [6.07, 6.45) is 6.37. The van der Waals surface area contributed by atoms with Crippen molar-refractivity contribution >= 4 is 128 Å². The average Bonchev–Trinajstić information content (AvgIpc) is 1.59. The third kappa shape index (κ3) is 23.3. The summed E-state index contributed by atoms with van der Waals surface area (Å²) >= 11 is -3.06. The number of amides is 1. The fourth-order valence-electron chi connectivity index (χ4n) is 15.1. The highest BCUT2D eigenvalue weighted by molar-refractivity contribution is 8.10. The first kappa shape index (κ1) is 99.9. The fourth-order valence-corrected chi connectivity index (χ4v) is 19.9. The van der Waals surface area contributed by atoms with Gasteiger partial charge >= 0.3 is 19.6 Å². The van der Waals surface area contributed by atoms with Crippen LogP contribution in [0.3, 0.4) is 0 Å². The van der Waals surface area contributed by atoms with Crippen LogP contribution in [0.5, 0.6) is 11.5 Å². The van der Waals surface area contributed by atoms with Gasteiger partial charge in [0.2, 0.25) is 10.0 Å². The molecule has 4 saturated heterocycles. The highest BCUT2D eigenvalue weighted by Crippen LogP contribution is 2.46. The van der Waals surface area contributed by atoms with E-state index in [4.69, 9.17) is 48.2 Å². The SMILES string of the molecule is C#CC.CC[C@H]1O[C@@H](n2cnc3c(C)nc(C)nc32)[C@@H](N)C1C.CC[C@H]1O[C@@H](n2cnc3c(C)nc(C)nc32)[C@@H](NS(=O)(=O)Oc2ccc([N+](=O)[O-])cc2)C1C.Cc1nc(C)c2ncn([C@@H]3O[C@H](CO)C(C)[C@@H]3NS(=O)(=O)CC[C@H]3O[C@@H](n4cnc5c(NC(=O)c6ccccc6)ncnc54)[C@@H](O[Si](C)(C)C(C)(C)C)C3OS(=O)[O-])c2n1.O=[N+]([O-])c1ccc(OS(=O)(=O)Cl)cc1. The number of aliphatic hydroxyl groups excluding tert-OH is 1. The molecule has 0 saturated carbocycles. The smallest absolute Gasteiger partial charge is 0.401 e. The Hall–Kier alpha value is -10.6. The van der Waals surface area contributed by atoms with Crippen LogP contribution in [0.1, 0.15) is 151 Å². The number of aromatic nitrogens is 16. The van der Waals surface area contributed by atoms with Gasteiger partial charge in [0.05, 0.1) is 129 Å². The molecule has 700 valence electrons. The van der Waals surface area contributed by atoms with Crippen molar-refractivity contribution in [3.05, 3.63) is 171 Å². The molecule has 8 aromatic heterocycles. The van der Waals surface area contributed by atoms with Crippen LogP contribution < -0.4 is 28.9 Å². The van der Waals surface area contributed by atoms with Crippen molar-refractivity contribution in [2.24, 2.45) is 23.5 Å². The number of carbonyl (C=O) groups excluding carboxylic acids is 1. The minimum absolute atomic E-state index is 0.0460. The Labute approximate surface area is 757 Å². The number of ether oxygens (including phenoxy) is 4. The van der Waals surface area contributed by atoms with Crippen molar-refractivity contribution in [2.75, 3.05) is 17.7 Å². The molecular weight excluding hydrogens is 1810 g/mol. The van der Waals surface area contributed by atoms with E-state index in [1.807, 2.05) is 73.1 Å². The van der Waals surface area contributed by atoms with Crippen LogP contribution >= 0.6 is 10.7 Å². The average molecular weight is 1920 g/mol. The van der Waals surface area contributed by atoms with Gasteiger partial charge in [-0.3, -0.25) is 47.5 Å². The number of nitro groups is 2. The second-order valence-corrected chi connectivity index (χ2v) is 43.3. The number of nitrogens with one attached hydrogen (secondary N) is 3. The standard InChI is InChI=1S/C37H50N10O10S2Si.C20H24N6O6S.C14H21N5O.C6H4ClNO5S.C3H4/c1-20-25(16-48)55-35(47-18-40-27-21(2)42-22(3)43-33(27)47)26(20)45-59(52,53)15-14-24-29(56-58(50)51)30(57-60(7,8)37(4,5)6)36(54-24)46-19-41-28-31(38-17-39-32(28)46)44-34(49)23-12-10-9-11-13-23;1-5-16-11(2)17(24-33(29,30)32-15-8-6-14(7-9-15)26(27)28)20(31-16)25-10-21-18-12(3)22-13(4)23-19(18)25;1-5-10-7(2)11(15)14(20-10)19-6-16-12-8(3)17-9(4)18-13(12)19;7-14(11,12)13-6-3-1-5(2-4-6)8(9)10;1-3-2/h9-13,17-20,24-26,29-30,35-36,45,48H,14-16H2,1-8H3,(H,50,51)(H,38,39,44,49);6-11,16-17,20,24H,5H2,1-4H3;6-7,10-11,14H,5,15H2,1-4H3;1-4H;1H,2H3/p-1/t20?,24-,25-,26+,29?,30+,35-,36-;11?,16-,17+,20-;7?,10-,11+,14-;;/m111../s1. The number of nitrogens with zero attached hydrogens (tertiary/aromatic N) is 18. The predicted octanol–water partition coefficient (Wildman–Crippen LogP) is 9.59. The molecule has 5 unspecified atom stereocenters. The fraction of sp³-hybridized carbons (Fsp3) is 0.487. The van der Waals surface area contributed by atoms with Crippen LogP contribution in [0.4, 0.5) is 17.2 Å². The molecule has 17 atom stereocenters. The molecule has 50 heteroatoms. The van der Waals surface area contributed by atoms with E-state index in [0.29, 0.717) is 63.3 Å². The number of carbonyl (C=O) groups is 1. The number of rotatable bonds is 26. The summed E-state index contributed by atoms with van der Waals surface area (Å²) in [5.41, 5.74) is 12.9. The molecule has 6 N–H and O–H groups in total. The lowest BCUT2D eigenvalue weighted by atomic mass is 9.97. The van der Waals surface area contributed by atoms with Crippen molar-refractivity contribution < 1.29 is 89.7 Å². The molecule has 3 aromatic carbocycles. The highest BCUT2D eigenvalue weighted by Gasteiger charge is 2.54. The number of anilines is 1. The highest BCUT2D eigenvalue weighted by atomic mass is 35.7. The van der Waals surface area contributed by atoms with Gasteiger partial charge in [0.1, 0.15) is 64.1 Å². The second kappa shape index (κ2) is 41.4. The number of hydrogen-bond donors (Lipinski definition) is 5. The summed E-state index contributed by atoms with van der Waals surface area (Å²) in [5, 5.41) is 33.6. The Morgan fingerprint density at radius 2 is 1.03 bits per heavy atom. The number of aryl methyl sites for hydroxylation is 6. The predicted molar refractivity (Wildman–Crippen MR) is 477 cm³/mol. The number of non-ortho nitro benzene ring substituents is 2. The number of halogens is 1. The third-order valence-electron chi connectivity index (χ3n) is 22.7. The largest absolute Gasteiger partial charge is 0.750 e. The molecule has 4 fully saturated rings. The lowest BCUT2D eigenvalue weighted by Crippen LogP contribution is -2.49. The van der Waals surface area contributed by atoms with Crippen LogP contribution in [0.25, 0.3) is 44.7 Å². The van der Waals surface area contributed by atoms with Crippen LogP contribution in [0.2, 0.25) is 18.1 Å². The van der Waals surface area contributed by atoms with Gasteiger partial charge < -0.3 is 52.4 Å². The molecule has 44 nitrogen and oxygen atoms in total. The number of terminal acetylenes is 1. The number of imidazole rings is 4. The molecule has 12 heterocycles. The Kier molecular flexibility index (Phi) is 31.8. The van der Waals surface area contributed by atoms with Gasteiger partial charge in [0.25, 0.3) is 17.3 Å². The topological polar surface area (TPSA) is 576 Å². The zero-order chi connectivity index (χ0) is 95.1. The maximum atomic E-state index is 14.1. The van der Waals surface area contributed by atoms with Gasteiger partial charge in [-0.05, 0) is 122 Å². The molecule has 11 aromatic rings. The van der Waals surface area contributed by atoms with Gasteiger partial charge in [-0.25, -0.2) is 77.2 Å². The van der Waals surface area contributed by atoms with Crippen molar-refractivity contribution in [1.82, 2.24) is 87.5 Å². The van der Waals surface area contributed by atoms with E-state index in [1.54, 1.807) is 91.3 Å². The summed E-state index contributed by atoms with van der Waals surface area (Å²) in [4.78, 5) is 86.0. The van der Waals surface area contributed by atoms with E-state index in [9.17, 15) is 64.1 Å². The van der Waals surface area contributed by atoms with Gasteiger partial charge in [0.15, 0.2) is 67.2 Å². The number of hydrogen-bond acceptors (Lipinski definition) is 35. The quantitative estimate of drug-likeness (QED) is 0.00840. The molecule has 4 aliphatic heterocycles. The summed E-state index contributed by atoms with van der Waals surface area (Å²) in [7, 11) is -10.5. The zero-order valence-electron chi connectivity index (χ0n) is 73.9. The molecule has 1 amide bonds. The lowest BCUT2D eigenvalue weighted by Gasteiger charge is -2.40. The van der Waals surface area contributed by atoms with E-state index in [1.165, 1.54) is 43.2 Å². The van der Waals surface area contributed by atoms with Gasteiger partial charge in [-0.1, -0.05) is 73.6 Å². The first-order chi connectivity index (χ1) is 61.2. The molecule has 0 spiro atoms.